The number of hydrogen-bond acceptors (Lipinski definition) is 3. The van der Waals surface area contributed by atoms with Crippen molar-refractivity contribution in [2.75, 3.05) is 5.08 Å². The van der Waals surface area contributed by atoms with E-state index < -0.39 is 0 Å². The number of hydrogen-bond donors (Lipinski definition) is 0. The standard InChI is InChI=1S/C12H11NS2/c1-2-6-11(7-3-1)14-10-15-12-8-4-5-9-13-12/h1-9H,10H2. The van der Waals surface area contributed by atoms with E-state index in [-0.39, 0.29) is 0 Å². The van der Waals surface area contributed by atoms with Gasteiger partial charge in [0.25, 0.3) is 0 Å². The molecule has 0 aliphatic heterocycles. The van der Waals surface area contributed by atoms with Crippen molar-refractivity contribution in [3.8, 4) is 0 Å². The first-order valence-corrected chi connectivity index (χ1v) is 6.64. The van der Waals surface area contributed by atoms with Crippen molar-refractivity contribution in [3.05, 3.63) is 54.7 Å². The lowest BCUT2D eigenvalue weighted by Crippen LogP contribution is -1.78. The summed E-state index contributed by atoms with van der Waals surface area (Å²) >= 11 is 3.61. The Hall–Kier alpha value is -0.930. The Morgan fingerprint density at radius 2 is 1.67 bits per heavy atom. The molecule has 0 radical (unpaired) electrons. The molecule has 0 bridgehead atoms. The summed E-state index contributed by atoms with van der Waals surface area (Å²) in [5.41, 5.74) is 0. The van der Waals surface area contributed by atoms with Crippen LogP contribution in [0.25, 0.3) is 0 Å². The molecule has 3 heteroatoms. The molecule has 0 amide bonds. The van der Waals surface area contributed by atoms with Crippen LogP contribution in [0.4, 0.5) is 0 Å². The van der Waals surface area contributed by atoms with Crippen LogP contribution in [0.5, 0.6) is 0 Å². The van der Waals surface area contributed by atoms with Gasteiger partial charge in [-0.05, 0) is 24.3 Å². The molecule has 0 aliphatic rings. The Morgan fingerprint density at radius 1 is 0.867 bits per heavy atom. The molecule has 0 atom stereocenters. The number of aromatic nitrogens is 1. The van der Waals surface area contributed by atoms with Crippen molar-refractivity contribution >= 4 is 23.5 Å². The summed E-state index contributed by atoms with van der Waals surface area (Å²) < 4.78 is 0. The lowest BCUT2D eigenvalue weighted by Gasteiger charge is -2.00. The Morgan fingerprint density at radius 3 is 2.40 bits per heavy atom. The van der Waals surface area contributed by atoms with Crippen LogP contribution >= 0.6 is 23.5 Å². The first-order chi connectivity index (χ1) is 7.45. The maximum absolute atomic E-state index is 4.26. The minimum absolute atomic E-state index is 1.00. The third kappa shape index (κ3) is 3.61. The van der Waals surface area contributed by atoms with E-state index in [0.717, 1.165) is 10.1 Å². The number of rotatable bonds is 4. The van der Waals surface area contributed by atoms with Crippen LogP contribution in [0.2, 0.25) is 0 Å². The number of benzene rings is 1. The van der Waals surface area contributed by atoms with Gasteiger partial charge >= 0.3 is 0 Å². The second kappa shape index (κ2) is 5.83. The van der Waals surface area contributed by atoms with E-state index in [1.165, 1.54) is 4.90 Å². The van der Waals surface area contributed by atoms with Gasteiger partial charge in [0.05, 0.1) is 10.1 Å². The third-order valence-corrected chi connectivity index (χ3v) is 3.90. The normalized spacial score (nSPS) is 10.1. The predicted octanol–water partition coefficient (Wildman–Crippen LogP) is 3.92. The van der Waals surface area contributed by atoms with Gasteiger partial charge < -0.3 is 0 Å². The fourth-order valence-corrected chi connectivity index (χ4v) is 3.03. The highest BCUT2D eigenvalue weighted by molar-refractivity contribution is 8.16. The smallest absolute Gasteiger partial charge is 0.0967 e. The minimum Gasteiger partial charge on any atom is -0.250 e. The Balaban J connectivity index is 1.81. The molecule has 1 aromatic carbocycles. The molecule has 2 aromatic rings. The van der Waals surface area contributed by atoms with Gasteiger partial charge in [-0.15, -0.1) is 11.8 Å². The highest BCUT2D eigenvalue weighted by Gasteiger charge is 1.95. The minimum atomic E-state index is 1.00. The summed E-state index contributed by atoms with van der Waals surface area (Å²) in [6.07, 6.45) is 1.83. The molecule has 76 valence electrons. The monoisotopic (exact) mass is 233 g/mol. The zero-order valence-corrected chi connectivity index (χ0v) is 9.80. The van der Waals surface area contributed by atoms with E-state index in [2.05, 4.69) is 29.2 Å². The van der Waals surface area contributed by atoms with Crippen molar-refractivity contribution in [3.63, 3.8) is 0 Å². The molecule has 0 aliphatic carbocycles. The molecule has 0 saturated carbocycles. The summed E-state index contributed by atoms with van der Waals surface area (Å²) in [4.78, 5) is 5.57. The van der Waals surface area contributed by atoms with Gasteiger partial charge in [0, 0.05) is 11.1 Å². The molecule has 1 heterocycles. The lowest BCUT2D eigenvalue weighted by atomic mass is 10.4. The number of pyridine rings is 1. The molecule has 0 spiro atoms. The molecule has 0 unspecified atom stereocenters. The van der Waals surface area contributed by atoms with Gasteiger partial charge in [0.1, 0.15) is 0 Å². The second-order valence-corrected chi connectivity index (χ2v) is 5.30. The molecular formula is C12H11NS2. The summed E-state index contributed by atoms with van der Waals surface area (Å²) in [5.74, 6) is 0. The molecule has 0 saturated heterocycles. The van der Waals surface area contributed by atoms with Crippen LogP contribution in [0.3, 0.4) is 0 Å². The van der Waals surface area contributed by atoms with Gasteiger partial charge in [-0.3, -0.25) is 0 Å². The van der Waals surface area contributed by atoms with Gasteiger partial charge in [-0.25, -0.2) is 4.98 Å². The van der Waals surface area contributed by atoms with Crippen LogP contribution < -0.4 is 0 Å². The topological polar surface area (TPSA) is 12.9 Å². The van der Waals surface area contributed by atoms with Crippen LogP contribution in [-0.2, 0) is 0 Å². The van der Waals surface area contributed by atoms with Gasteiger partial charge in [0.15, 0.2) is 0 Å². The Kier molecular flexibility index (Phi) is 4.11. The van der Waals surface area contributed by atoms with Crippen molar-refractivity contribution in [1.29, 1.82) is 0 Å². The molecule has 0 N–H and O–H groups in total. The lowest BCUT2D eigenvalue weighted by molar-refractivity contribution is 1.14. The summed E-state index contributed by atoms with van der Waals surface area (Å²) in [6, 6.07) is 16.4. The molecule has 0 fully saturated rings. The largest absolute Gasteiger partial charge is 0.250 e. The average molecular weight is 233 g/mol. The third-order valence-electron chi connectivity index (χ3n) is 1.81. The quantitative estimate of drug-likeness (QED) is 0.587. The SMILES string of the molecule is c1ccc(SCSc2ccccn2)cc1. The van der Waals surface area contributed by atoms with E-state index in [9.17, 15) is 0 Å². The van der Waals surface area contributed by atoms with Gasteiger partial charge in [-0.2, -0.15) is 0 Å². The molecular weight excluding hydrogens is 222 g/mol. The zero-order chi connectivity index (χ0) is 10.3. The van der Waals surface area contributed by atoms with E-state index in [0.29, 0.717) is 0 Å². The zero-order valence-electron chi connectivity index (χ0n) is 8.17. The highest BCUT2D eigenvalue weighted by atomic mass is 32.2. The molecule has 1 nitrogen and oxygen atoms in total. The summed E-state index contributed by atoms with van der Waals surface area (Å²) in [5, 5.41) is 2.09. The predicted molar refractivity (Wildman–Crippen MR) is 67.3 cm³/mol. The van der Waals surface area contributed by atoms with E-state index >= 15 is 0 Å². The van der Waals surface area contributed by atoms with Crippen LogP contribution in [-0.4, -0.2) is 10.1 Å². The molecule has 15 heavy (non-hydrogen) atoms. The maximum atomic E-state index is 4.26. The van der Waals surface area contributed by atoms with Crippen LogP contribution in [0.15, 0.2) is 64.6 Å². The fraction of sp³-hybridized carbons (Fsp3) is 0.0833. The average Bonchev–Trinajstić information content (AvgIpc) is 2.32. The first-order valence-electron chi connectivity index (χ1n) is 4.67. The van der Waals surface area contributed by atoms with Crippen molar-refractivity contribution < 1.29 is 0 Å². The molecule has 1 aromatic heterocycles. The molecule has 2 rings (SSSR count). The van der Waals surface area contributed by atoms with Crippen molar-refractivity contribution in [2.45, 2.75) is 9.92 Å². The first kappa shape index (κ1) is 10.6. The van der Waals surface area contributed by atoms with Crippen LogP contribution in [0, 0.1) is 0 Å². The van der Waals surface area contributed by atoms with E-state index in [1.54, 1.807) is 11.8 Å². The number of thioether (sulfide) groups is 2. The second-order valence-electron chi connectivity index (χ2n) is 2.89. The highest BCUT2D eigenvalue weighted by Crippen LogP contribution is 2.25. The van der Waals surface area contributed by atoms with Crippen LogP contribution in [0.1, 0.15) is 0 Å². The van der Waals surface area contributed by atoms with Crippen molar-refractivity contribution in [1.82, 2.24) is 4.98 Å². The summed E-state index contributed by atoms with van der Waals surface area (Å²) in [6.45, 7) is 0. The van der Waals surface area contributed by atoms with Gasteiger partial charge in [-0.1, -0.05) is 36.0 Å². The van der Waals surface area contributed by atoms with Gasteiger partial charge in [0.2, 0.25) is 0 Å². The van der Waals surface area contributed by atoms with E-state index in [1.807, 2.05) is 42.2 Å². The Labute approximate surface area is 98.3 Å². The van der Waals surface area contributed by atoms with Crippen molar-refractivity contribution in [2.24, 2.45) is 0 Å². The van der Waals surface area contributed by atoms with E-state index in [4.69, 9.17) is 0 Å². The summed E-state index contributed by atoms with van der Waals surface area (Å²) in [7, 11) is 0. The fourth-order valence-electron chi connectivity index (χ4n) is 1.11. The number of nitrogens with zero attached hydrogens (tertiary/aromatic N) is 1. The Bertz CT molecular complexity index is 349. The maximum Gasteiger partial charge on any atom is 0.0967 e.